The van der Waals surface area contributed by atoms with Crippen LogP contribution in [-0.2, 0) is 20.8 Å². The molecule has 2 heterocycles. The van der Waals surface area contributed by atoms with Gasteiger partial charge >= 0.3 is 5.97 Å². The monoisotopic (exact) mass is 373 g/mol. The van der Waals surface area contributed by atoms with Gasteiger partial charge in [-0.3, -0.25) is 4.79 Å². The van der Waals surface area contributed by atoms with Gasteiger partial charge < -0.3 is 19.9 Å². The highest BCUT2D eigenvalue weighted by atomic mass is 16.5. The van der Waals surface area contributed by atoms with Crippen LogP contribution in [0, 0.1) is 0 Å². The van der Waals surface area contributed by atoms with E-state index in [1.54, 1.807) is 6.20 Å². The van der Waals surface area contributed by atoms with E-state index >= 15 is 0 Å². The highest BCUT2D eigenvalue weighted by molar-refractivity contribution is 5.85. The summed E-state index contributed by atoms with van der Waals surface area (Å²) in [6.45, 7) is 2.23. The fourth-order valence-electron chi connectivity index (χ4n) is 2.84. The van der Waals surface area contributed by atoms with Gasteiger partial charge in [0.1, 0.15) is 0 Å². The van der Waals surface area contributed by atoms with Crippen molar-refractivity contribution in [3.63, 3.8) is 0 Å². The molecule has 8 heteroatoms. The van der Waals surface area contributed by atoms with Gasteiger partial charge in [-0.05, 0) is 36.6 Å². The molecule has 1 aromatic heterocycles. The Kier molecular flexibility index (Phi) is 6.56. The number of hydrogen-bond acceptors (Lipinski definition) is 5. The first-order valence-corrected chi connectivity index (χ1v) is 8.96. The molecule has 0 aliphatic carbocycles. The second-order valence-electron chi connectivity index (χ2n) is 6.33. The average Bonchev–Trinajstić information content (AvgIpc) is 3.18. The van der Waals surface area contributed by atoms with Gasteiger partial charge in [-0.15, -0.1) is 0 Å². The van der Waals surface area contributed by atoms with Crippen LogP contribution in [0.4, 0.5) is 0 Å². The van der Waals surface area contributed by atoms with Crippen molar-refractivity contribution < 1.29 is 24.2 Å². The van der Waals surface area contributed by atoms with Crippen LogP contribution < -0.4 is 5.32 Å². The maximum Gasteiger partial charge on any atom is 0.356 e. The molecule has 2 N–H and O–H groups in total. The third-order valence-corrected chi connectivity index (χ3v) is 4.32. The molecule has 1 aromatic carbocycles. The van der Waals surface area contributed by atoms with Crippen molar-refractivity contribution in [1.82, 2.24) is 15.1 Å². The molecule has 1 aliphatic rings. The summed E-state index contributed by atoms with van der Waals surface area (Å²) >= 11 is 0. The number of nitrogens with one attached hydrogen (secondary N) is 1. The lowest BCUT2D eigenvalue weighted by molar-refractivity contribution is -0.123. The van der Waals surface area contributed by atoms with Gasteiger partial charge in [0.15, 0.2) is 5.69 Å². The van der Waals surface area contributed by atoms with Crippen LogP contribution in [0.3, 0.4) is 0 Å². The Morgan fingerprint density at radius 2 is 2.11 bits per heavy atom. The first kappa shape index (κ1) is 19.1. The Morgan fingerprint density at radius 3 is 2.85 bits per heavy atom. The molecule has 1 amide bonds. The molecule has 1 saturated heterocycles. The van der Waals surface area contributed by atoms with E-state index in [0.717, 1.165) is 37.3 Å². The van der Waals surface area contributed by atoms with Crippen molar-refractivity contribution in [3.8, 4) is 5.69 Å². The molecule has 1 aliphatic heterocycles. The molecular weight excluding hydrogens is 350 g/mol. The lowest BCUT2D eigenvalue weighted by Gasteiger charge is -2.22. The van der Waals surface area contributed by atoms with E-state index in [4.69, 9.17) is 14.6 Å². The maximum atomic E-state index is 12.0. The van der Waals surface area contributed by atoms with Crippen LogP contribution in [0.1, 0.15) is 35.3 Å². The number of aromatic nitrogens is 2. The number of carbonyl (C=O) groups excluding carboxylic acids is 1. The summed E-state index contributed by atoms with van der Waals surface area (Å²) in [4.78, 5) is 22.9. The van der Waals surface area contributed by atoms with Crippen LogP contribution in [0.25, 0.3) is 5.69 Å². The van der Waals surface area contributed by atoms with Gasteiger partial charge in [0, 0.05) is 32.4 Å². The third-order valence-electron chi connectivity index (χ3n) is 4.32. The van der Waals surface area contributed by atoms with Gasteiger partial charge in [0.05, 0.1) is 18.4 Å². The largest absolute Gasteiger partial charge is 0.476 e. The molecule has 2 aromatic rings. The van der Waals surface area contributed by atoms with Gasteiger partial charge in [0.2, 0.25) is 5.91 Å². The van der Waals surface area contributed by atoms with E-state index in [-0.39, 0.29) is 17.7 Å². The number of ether oxygens (including phenoxy) is 2. The fraction of sp³-hybridized carbons (Fsp3) is 0.421. The second-order valence-corrected chi connectivity index (χ2v) is 6.33. The highest BCUT2D eigenvalue weighted by Crippen LogP contribution is 2.12. The van der Waals surface area contributed by atoms with Crippen molar-refractivity contribution >= 4 is 11.9 Å². The standard InChI is InChI=1S/C19H23N3O5/c23-18(7-11-27-16-5-9-26-10-6-16)20-13-14-2-1-3-15(12-14)22-8-4-17(21-22)19(24)25/h1-4,8,12,16H,5-7,9-11,13H2,(H,20,23)(H,24,25). The molecule has 8 nitrogen and oxygen atoms in total. The van der Waals surface area contributed by atoms with Crippen molar-refractivity contribution in [2.24, 2.45) is 0 Å². The number of carbonyl (C=O) groups is 2. The molecule has 3 rings (SSSR count). The second kappa shape index (κ2) is 9.29. The Bertz CT molecular complexity index is 783. The van der Waals surface area contributed by atoms with Crippen LogP contribution in [-0.4, -0.2) is 52.7 Å². The zero-order chi connectivity index (χ0) is 19.1. The lowest BCUT2D eigenvalue weighted by atomic mass is 10.1. The van der Waals surface area contributed by atoms with Crippen molar-refractivity contribution in [1.29, 1.82) is 0 Å². The minimum Gasteiger partial charge on any atom is -0.476 e. The number of benzene rings is 1. The van der Waals surface area contributed by atoms with Gasteiger partial charge in [0.25, 0.3) is 0 Å². The normalized spacial score (nSPS) is 14.8. The van der Waals surface area contributed by atoms with Gasteiger partial charge in [-0.1, -0.05) is 12.1 Å². The van der Waals surface area contributed by atoms with E-state index in [0.29, 0.717) is 19.6 Å². The molecule has 0 unspecified atom stereocenters. The smallest absolute Gasteiger partial charge is 0.356 e. The number of carboxylic acids is 1. The first-order valence-electron chi connectivity index (χ1n) is 8.96. The summed E-state index contributed by atoms with van der Waals surface area (Å²) in [5.41, 5.74) is 1.62. The number of carboxylic acid groups (broad SMARTS) is 1. The average molecular weight is 373 g/mol. The summed E-state index contributed by atoms with van der Waals surface area (Å²) in [7, 11) is 0. The maximum absolute atomic E-state index is 12.0. The zero-order valence-electron chi connectivity index (χ0n) is 15.0. The summed E-state index contributed by atoms with van der Waals surface area (Å²) in [5, 5.41) is 15.8. The topological polar surface area (TPSA) is 103 Å². The third kappa shape index (κ3) is 5.63. The molecule has 0 atom stereocenters. The molecule has 0 bridgehead atoms. The van der Waals surface area contributed by atoms with E-state index in [1.165, 1.54) is 10.7 Å². The van der Waals surface area contributed by atoms with Gasteiger partial charge in [-0.25, -0.2) is 9.48 Å². The van der Waals surface area contributed by atoms with Crippen LogP contribution >= 0.6 is 0 Å². The predicted octanol–water partition coefficient (Wildman–Crippen LogP) is 1.77. The van der Waals surface area contributed by atoms with E-state index in [9.17, 15) is 9.59 Å². The van der Waals surface area contributed by atoms with E-state index in [1.807, 2.05) is 24.3 Å². The lowest BCUT2D eigenvalue weighted by Crippen LogP contribution is -2.27. The fourth-order valence-corrected chi connectivity index (χ4v) is 2.84. The number of rotatable bonds is 8. The number of amides is 1. The minimum absolute atomic E-state index is 0.0155. The summed E-state index contributed by atoms with van der Waals surface area (Å²) in [5.74, 6) is -1.14. The predicted molar refractivity (Wildman–Crippen MR) is 96.8 cm³/mol. The molecular formula is C19H23N3O5. The number of aromatic carboxylic acids is 1. The SMILES string of the molecule is O=C(CCOC1CCOCC1)NCc1cccc(-n2ccc(C(=O)O)n2)c1. The molecule has 0 spiro atoms. The summed E-state index contributed by atoms with van der Waals surface area (Å²) in [6.07, 6.45) is 3.86. The molecule has 0 radical (unpaired) electrons. The highest BCUT2D eigenvalue weighted by Gasteiger charge is 2.14. The van der Waals surface area contributed by atoms with Crippen LogP contribution in [0.2, 0.25) is 0 Å². The molecule has 27 heavy (non-hydrogen) atoms. The summed E-state index contributed by atoms with van der Waals surface area (Å²) in [6, 6.07) is 8.86. The van der Waals surface area contributed by atoms with Crippen LogP contribution in [0.5, 0.6) is 0 Å². The van der Waals surface area contributed by atoms with E-state index < -0.39 is 5.97 Å². The quantitative estimate of drug-likeness (QED) is 0.731. The number of hydrogen-bond donors (Lipinski definition) is 2. The molecule has 144 valence electrons. The minimum atomic E-state index is -1.07. The van der Waals surface area contributed by atoms with Crippen molar-refractivity contribution in [2.45, 2.75) is 31.9 Å². The summed E-state index contributed by atoms with van der Waals surface area (Å²) < 4.78 is 12.5. The van der Waals surface area contributed by atoms with Crippen LogP contribution in [0.15, 0.2) is 36.5 Å². The Labute approximate surface area is 157 Å². The first-order chi connectivity index (χ1) is 13.1. The van der Waals surface area contributed by atoms with Crippen molar-refractivity contribution in [3.05, 3.63) is 47.8 Å². The van der Waals surface area contributed by atoms with Crippen molar-refractivity contribution in [2.75, 3.05) is 19.8 Å². The van der Waals surface area contributed by atoms with E-state index in [2.05, 4.69) is 10.4 Å². The molecule has 1 fully saturated rings. The Morgan fingerprint density at radius 1 is 1.30 bits per heavy atom. The zero-order valence-corrected chi connectivity index (χ0v) is 15.0. The Hall–Kier alpha value is -2.71. The molecule has 0 saturated carbocycles. The number of nitrogens with zero attached hydrogens (tertiary/aromatic N) is 2. The Balaban J connectivity index is 1.46. The van der Waals surface area contributed by atoms with Gasteiger partial charge in [-0.2, -0.15) is 5.10 Å².